The molecule has 2 aromatic carbocycles. The van der Waals surface area contributed by atoms with Crippen molar-refractivity contribution >= 4 is 29.0 Å². The SMILES string of the molecule is Cc1ccc(C2=C(N3CCN(C)CC3)C(=O)N(Cc3ccc(Cl)cc3)C2=O)cc1. The fourth-order valence-corrected chi connectivity index (χ4v) is 3.91. The molecule has 0 aromatic heterocycles. The van der Waals surface area contributed by atoms with E-state index in [9.17, 15) is 9.59 Å². The zero-order chi connectivity index (χ0) is 20.5. The Bertz CT molecular complexity index is 959. The van der Waals surface area contributed by atoms with Gasteiger partial charge in [-0.15, -0.1) is 0 Å². The average Bonchev–Trinajstić information content (AvgIpc) is 2.96. The maximum absolute atomic E-state index is 13.4. The lowest BCUT2D eigenvalue weighted by Gasteiger charge is -2.34. The van der Waals surface area contributed by atoms with Gasteiger partial charge in [-0.25, -0.2) is 0 Å². The van der Waals surface area contributed by atoms with Crippen LogP contribution in [0.5, 0.6) is 0 Å². The Morgan fingerprint density at radius 2 is 1.48 bits per heavy atom. The molecule has 150 valence electrons. The summed E-state index contributed by atoms with van der Waals surface area (Å²) in [6.45, 7) is 5.44. The Morgan fingerprint density at radius 1 is 0.862 bits per heavy atom. The van der Waals surface area contributed by atoms with Gasteiger partial charge in [-0.2, -0.15) is 0 Å². The second-order valence-electron chi connectivity index (χ2n) is 7.70. The van der Waals surface area contributed by atoms with Gasteiger partial charge in [0.15, 0.2) is 0 Å². The maximum atomic E-state index is 13.4. The molecule has 1 saturated heterocycles. The van der Waals surface area contributed by atoms with Crippen LogP contribution in [-0.4, -0.2) is 59.7 Å². The predicted octanol–water partition coefficient (Wildman–Crippen LogP) is 3.18. The third-order valence-corrected chi connectivity index (χ3v) is 5.81. The number of aryl methyl sites for hydroxylation is 1. The van der Waals surface area contributed by atoms with E-state index in [0.29, 0.717) is 16.3 Å². The number of benzene rings is 2. The molecule has 1 fully saturated rings. The third-order valence-electron chi connectivity index (χ3n) is 5.56. The number of piperazine rings is 1. The van der Waals surface area contributed by atoms with E-state index >= 15 is 0 Å². The number of nitrogens with zero attached hydrogens (tertiary/aromatic N) is 3. The van der Waals surface area contributed by atoms with E-state index in [1.165, 1.54) is 4.90 Å². The van der Waals surface area contributed by atoms with Crippen molar-refractivity contribution in [3.63, 3.8) is 0 Å². The van der Waals surface area contributed by atoms with Crippen molar-refractivity contribution in [3.8, 4) is 0 Å². The summed E-state index contributed by atoms with van der Waals surface area (Å²) in [5, 5.41) is 0.629. The first-order chi connectivity index (χ1) is 13.9. The summed E-state index contributed by atoms with van der Waals surface area (Å²) in [5.41, 5.74) is 3.82. The fraction of sp³-hybridized carbons (Fsp3) is 0.304. The molecule has 29 heavy (non-hydrogen) atoms. The van der Waals surface area contributed by atoms with Crippen molar-refractivity contribution in [1.29, 1.82) is 0 Å². The highest BCUT2D eigenvalue weighted by atomic mass is 35.5. The van der Waals surface area contributed by atoms with Gasteiger partial charge in [0, 0.05) is 31.2 Å². The molecule has 0 radical (unpaired) electrons. The summed E-state index contributed by atoms with van der Waals surface area (Å²) in [6.07, 6.45) is 0. The number of imide groups is 1. The molecule has 2 aliphatic heterocycles. The van der Waals surface area contributed by atoms with Gasteiger partial charge in [0.05, 0.1) is 12.1 Å². The van der Waals surface area contributed by atoms with Gasteiger partial charge in [0.1, 0.15) is 5.70 Å². The normalized spacial score (nSPS) is 18.2. The monoisotopic (exact) mass is 409 g/mol. The molecule has 0 saturated carbocycles. The average molecular weight is 410 g/mol. The molecule has 0 N–H and O–H groups in total. The molecule has 5 nitrogen and oxygen atoms in total. The van der Waals surface area contributed by atoms with Crippen LogP contribution in [0.4, 0.5) is 0 Å². The molecule has 2 aromatic rings. The van der Waals surface area contributed by atoms with Crippen LogP contribution in [0.3, 0.4) is 0 Å². The standard InChI is InChI=1S/C23H24ClN3O2/c1-16-3-7-18(8-4-16)20-21(26-13-11-25(2)12-14-26)23(29)27(22(20)28)15-17-5-9-19(24)10-6-17/h3-10H,11-15H2,1-2H3. The first kappa shape index (κ1) is 19.7. The number of rotatable bonds is 4. The molecule has 6 heteroatoms. The molecule has 0 unspecified atom stereocenters. The van der Waals surface area contributed by atoms with Crippen LogP contribution in [0.15, 0.2) is 54.2 Å². The Morgan fingerprint density at radius 3 is 2.10 bits per heavy atom. The quantitative estimate of drug-likeness (QED) is 0.727. The molecule has 2 heterocycles. The number of hydrogen-bond donors (Lipinski definition) is 0. The highest BCUT2D eigenvalue weighted by molar-refractivity contribution is 6.35. The number of halogens is 1. The van der Waals surface area contributed by atoms with E-state index in [-0.39, 0.29) is 18.4 Å². The van der Waals surface area contributed by atoms with E-state index in [4.69, 9.17) is 11.6 Å². The van der Waals surface area contributed by atoms with Crippen LogP contribution in [0.25, 0.3) is 5.57 Å². The second kappa shape index (κ2) is 8.01. The zero-order valence-corrected chi connectivity index (χ0v) is 17.4. The molecule has 0 atom stereocenters. The molecule has 2 aliphatic rings. The highest BCUT2D eigenvalue weighted by Gasteiger charge is 2.41. The van der Waals surface area contributed by atoms with E-state index in [0.717, 1.165) is 42.9 Å². The minimum atomic E-state index is -0.234. The summed E-state index contributed by atoms with van der Waals surface area (Å²) in [6, 6.07) is 15.1. The largest absolute Gasteiger partial charge is 0.364 e. The van der Waals surface area contributed by atoms with Gasteiger partial charge in [-0.1, -0.05) is 53.6 Å². The van der Waals surface area contributed by atoms with Crippen molar-refractivity contribution in [1.82, 2.24) is 14.7 Å². The number of amides is 2. The van der Waals surface area contributed by atoms with Crippen molar-refractivity contribution < 1.29 is 9.59 Å². The fourth-order valence-electron chi connectivity index (χ4n) is 3.78. The topological polar surface area (TPSA) is 43.9 Å². The van der Waals surface area contributed by atoms with Gasteiger partial charge in [0.2, 0.25) is 0 Å². The molecule has 4 rings (SSSR count). The van der Waals surface area contributed by atoms with Crippen molar-refractivity contribution in [2.75, 3.05) is 33.2 Å². The van der Waals surface area contributed by atoms with Crippen LogP contribution in [-0.2, 0) is 16.1 Å². The van der Waals surface area contributed by atoms with Crippen LogP contribution in [0.2, 0.25) is 5.02 Å². The number of carbonyl (C=O) groups excluding carboxylic acids is 2. The highest BCUT2D eigenvalue weighted by Crippen LogP contribution is 2.33. The lowest BCUT2D eigenvalue weighted by Crippen LogP contribution is -2.46. The van der Waals surface area contributed by atoms with Crippen molar-refractivity contribution in [2.45, 2.75) is 13.5 Å². The van der Waals surface area contributed by atoms with Gasteiger partial charge < -0.3 is 9.80 Å². The molecule has 2 amide bonds. The Balaban J connectivity index is 1.71. The first-order valence-electron chi connectivity index (χ1n) is 9.79. The molecular formula is C23H24ClN3O2. The minimum absolute atomic E-state index is 0.218. The van der Waals surface area contributed by atoms with E-state index in [1.807, 2.05) is 43.3 Å². The van der Waals surface area contributed by atoms with E-state index in [2.05, 4.69) is 16.8 Å². The van der Waals surface area contributed by atoms with Crippen LogP contribution in [0, 0.1) is 6.92 Å². The lowest BCUT2D eigenvalue weighted by atomic mass is 10.0. The van der Waals surface area contributed by atoms with Crippen LogP contribution >= 0.6 is 11.6 Å². The van der Waals surface area contributed by atoms with Gasteiger partial charge in [-0.05, 0) is 37.2 Å². The van der Waals surface area contributed by atoms with Crippen molar-refractivity contribution in [2.24, 2.45) is 0 Å². The maximum Gasteiger partial charge on any atom is 0.278 e. The predicted molar refractivity (Wildman–Crippen MR) is 114 cm³/mol. The Hall–Kier alpha value is -2.63. The van der Waals surface area contributed by atoms with Gasteiger partial charge >= 0.3 is 0 Å². The third kappa shape index (κ3) is 3.93. The Labute approximate surface area is 176 Å². The second-order valence-corrected chi connectivity index (χ2v) is 8.14. The minimum Gasteiger partial charge on any atom is -0.364 e. The van der Waals surface area contributed by atoms with Crippen molar-refractivity contribution in [3.05, 3.63) is 75.9 Å². The lowest BCUT2D eigenvalue weighted by molar-refractivity contribution is -0.138. The zero-order valence-electron chi connectivity index (χ0n) is 16.7. The number of hydrogen-bond acceptors (Lipinski definition) is 4. The summed E-state index contributed by atoms with van der Waals surface area (Å²) in [5.74, 6) is -0.451. The summed E-state index contributed by atoms with van der Waals surface area (Å²) in [7, 11) is 2.07. The van der Waals surface area contributed by atoms with Gasteiger partial charge in [-0.3, -0.25) is 14.5 Å². The van der Waals surface area contributed by atoms with Crippen LogP contribution < -0.4 is 0 Å². The molecule has 0 bridgehead atoms. The number of likely N-dealkylation sites (N-methyl/N-ethyl adjacent to an activating group) is 1. The van der Waals surface area contributed by atoms with E-state index in [1.54, 1.807) is 12.1 Å². The molecule has 0 aliphatic carbocycles. The van der Waals surface area contributed by atoms with E-state index < -0.39 is 0 Å². The van der Waals surface area contributed by atoms with Gasteiger partial charge in [0.25, 0.3) is 11.8 Å². The molecular weight excluding hydrogens is 386 g/mol. The summed E-state index contributed by atoms with van der Waals surface area (Å²) < 4.78 is 0. The first-order valence-corrected chi connectivity index (χ1v) is 10.2. The summed E-state index contributed by atoms with van der Waals surface area (Å²) >= 11 is 5.97. The molecule has 0 spiro atoms. The Kier molecular flexibility index (Phi) is 5.43. The number of carbonyl (C=O) groups is 2. The smallest absolute Gasteiger partial charge is 0.278 e. The summed E-state index contributed by atoms with van der Waals surface area (Å²) in [4.78, 5) is 32.4. The van der Waals surface area contributed by atoms with Crippen LogP contribution in [0.1, 0.15) is 16.7 Å².